The van der Waals surface area contributed by atoms with Crippen LogP contribution in [0.4, 0.5) is 0 Å². The highest BCUT2D eigenvalue weighted by Gasteiger charge is 2.32. The van der Waals surface area contributed by atoms with E-state index >= 15 is 0 Å². The van der Waals surface area contributed by atoms with Crippen LogP contribution in [0, 0.1) is 5.92 Å². The minimum absolute atomic E-state index is 0.00147. The lowest BCUT2D eigenvalue weighted by Gasteiger charge is -2.12. The maximum absolute atomic E-state index is 13.5. The number of carbonyl (C=O) groups excluding carboxylic acids is 2. The highest BCUT2D eigenvalue weighted by molar-refractivity contribution is 6.33. The van der Waals surface area contributed by atoms with Crippen LogP contribution in [-0.4, -0.2) is 27.5 Å². The number of Topliss-reactive ketones (excluding diaryl/α,β-unsaturated/α-hetero) is 1. The summed E-state index contributed by atoms with van der Waals surface area (Å²) in [6, 6.07) is 28.3. The van der Waals surface area contributed by atoms with E-state index < -0.39 is 23.4 Å². The van der Waals surface area contributed by atoms with Crippen LogP contribution in [0.5, 0.6) is 0 Å². The topological polar surface area (TPSA) is 70.3 Å². The van der Waals surface area contributed by atoms with Crippen molar-refractivity contribution in [1.82, 2.24) is 9.13 Å². The molecule has 7 heteroatoms. The van der Waals surface area contributed by atoms with E-state index in [1.165, 1.54) is 16.1 Å². The van der Waals surface area contributed by atoms with Crippen molar-refractivity contribution < 1.29 is 14.3 Å². The highest BCUT2D eigenvalue weighted by atomic mass is 35.5. The Morgan fingerprint density at radius 1 is 0.838 bits per heavy atom. The maximum atomic E-state index is 13.5. The van der Waals surface area contributed by atoms with Gasteiger partial charge in [0.2, 0.25) is 0 Å². The molecule has 6 nitrogen and oxygen atoms in total. The van der Waals surface area contributed by atoms with E-state index in [0.717, 1.165) is 16.7 Å². The summed E-state index contributed by atoms with van der Waals surface area (Å²) in [5.74, 6) is -2.40. The molecule has 1 atom stereocenters. The van der Waals surface area contributed by atoms with E-state index in [9.17, 15) is 14.4 Å². The van der Waals surface area contributed by atoms with Gasteiger partial charge >= 0.3 is 11.7 Å². The van der Waals surface area contributed by atoms with Crippen LogP contribution in [0.25, 0.3) is 6.08 Å². The lowest BCUT2D eigenvalue weighted by molar-refractivity contribution is -0.144. The zero-order valence-electron chi connectivity index (χ0n) is 20.4. The normalized spacial score (nSPS) is 11.9. The summed E-state index contributed by atoms with van der Waals surface area (Å²) in [5.41, 5.74) is 2.23. The lowest BCUT2D eigenvalue weighted by Crippen LogP contribution is -2.30. The Labute approximate surface area is 220 Å². The van der Waals surface area contributed by atoms with Crippen molar-refractivity contribution in [2.24, 2.45) is 5.92 Å². The average Bonchev–Trinajstić information content (AvgIpc) is 3.16. The van der Waals surface area contributed by atoms with Gasteiger partial charge in [0.15, 0.2) is 5.78 Å². The van der Waals surface area contributed by atoms with E-state index in [1.807, 2.05) is 97.1 Å². The number of ether oxygens (including phenoxy) is 1. The molecular formula is C30H27ClN2O4. The van der Waals surface area contributed by atoms with Gasteiger partial charge in [-0.1, -0.05) is 109 Å². The zero-order valence-corrected chi connectivity index (χ0v) is 21.2. The fourth-order valence-electron chi connectivity index (χ4n) is 3.93. The Bertz CT molecular complexity index is 1440. The van der Waals surface area contributed by atoms with Crippen molar-refractivity contribution in [2.45, 2.75) is 20.0 Å². The standard InChI is InChI=1S/C30H27ClN2O4/c1-22(29(35)37-19-11-18-23-12-5-2-6-13-23)27(34)26-28(31)33(21-25-16-9-4-10-17-25)30(36)32(26)20-24-14-7-3-8-15-24/h2-18,22H,19-21H2,1H3/b18-11+. The number of imidazole rings is 1. The molecule has 0 saturated heterocycles. The van der Waals surface area contributed by atoms with Crippen molar-refractivity contribution >= 4 is 29.4 Å². The minimum Gasteiger partial charge on any atom is -0.461 e. The summed E-state index contributed by atoms with van der Waals surface area (Å²) in [4.78, 5) is 39.7. The Morgan fingerprint density at radius 2 is 1.35 bits per heavy atom. The molecule has 0 radical (unpaired) electrons. The zero-order chi connectivity index (χ0) is 26.2. The van der Waals surface area contributed by atoms with Gasteiger partial charge in [-0.15, -0.1) is 0 Å². The number of hydrogen-bond donors (Lipinski definition) is 0. The molecule has 0 N–H and O–H groups in total. The van der Waals surface area contributed by atoms with Crippen LogP contribution in [0.1, 0.15) is 34.1 Å². The van der Waals surface area contributed by atoms with Gasteiger partial charge in [-0.05, 0) is 29.7 Å². The van der Waals surface area contributed by atoms with Crippen LogP contribution < -0.4 is 5.69 Å². The summed E-state index contributed by atoms with van der Waals surface area (Å²) in [5, 5.41) is -0.00147. The molecule has 4 aromatic rings. The molecule has 0 aliphatic rings. The molecule has 1 heterocycles. The maximum Gasteiger partial charge on any atom is 0.330 e. The van der Waals surface area contributed by atoms with E-state index in [2.05, 4.69) is 0 Å². The third-order valence-corrected chi connectivity index (χ3v) is 6.33. The molecule has 0 saturated carbocycles. The van der Waals surface area contributed by atoms with Crippen molar-refractivity contribution in [3.63, 3.8) is 0 Å². The predicted octanol–water partition coefficient (Wildman–Crippen LogP) is 5.48. The monoisotopic (exact) mass is 514 g/mol. The molecule has 1 aromatic heterocycles. The quantitative estimate of drug-likeness (QED) is 0.160. The molecule has 0 fully saturated rings. The molecule has 0 aliphatic heterocycles. The van der Waals surface area contributed by atoms with Crippen molar-refractivity contribution in [3.05, 3.63) is 135 Å². The van der Waals surface area contributed by atoms with Gasteiger partial charge in [0.05, 0.1) is 13.1 Å². The predicted molar refractivity (Wildman–Crippen MR) is 145 cm³/mol. The van der Waals surface area contributed by atoms with Crippen molar-refractivity contribution in [2.75, 3.05) is 6.61 Å². The number of ketones is 1. The molecule has 0 aliphatic carbocycles. The van der Waals surface area contributed by atoms with Gasteiger partial charge in [-0.25, -0.2) is 4.79 Å². The largest absolute Gasteiger partial charge is 0.461 e. The lowest BCUT2D eigenvalue weighted by atomic mass is 10.0. The second-order valence-electron chi connectivity index (χ2n) is 8.59. The van der Waals surface area contributed by atoms with E-state index in [-0.39, 0.29) is 30.5 Å². The molecule has 0 spiro atoms. The first-order valence-corrected chi connectivity index (χ1v) is 12.3. The Morgan fingerprint density at radius 3 is 1.92 bits per heavy atom. The molecule has 0 amide bonds. The van der Waals surface area contributed by atoms with E-state index in [4.69, 9.17) is 16.3 Å². The molecule has 0 bridgehead atoms. The third kappa shape index (κ3) is 6.35. The van der Waals surface area contributed by atoms with E-state index in [1.54, 1.807) is 6.08 Å². The number of halogens is 1. The SMILES string of the molecule is CC(C(=O)OC/C=C/c1ccccc1)C(=O)c1c(Cl)n(Cc2ccccc2)c(=O)n1Cc1ccccc1. The van der Waals surface area contributed by atoms with Gasteiger partial charge in [0.25, 0.3) is 0 Å². The second-order valence-corrected chi connectivity index (χ2v) is 8.95. The van der Waals surface area contributed by atoms with Gasteiger partial charge in [-0.2, -0.15) is 0 Å². The summed E-state index contributed by atoms with van der Waals surface area (Å²) in [6.45, 7) is 1.83. The first-order chi connectivity index (χ1) is 18.0. The van der Waals surface area contributed by atoms with Crippen molar-refractivity contribution in [1.29, 1.82) is 0 Å². The van der Waals surface area contributed by atoms with Gasteiger partial charge in [0.1, 0.15) is 23.4 Å². The smallest absolute Gasteiger partial charge is 0.330 e. The molecule has 37 heavy (non-hydrogen) atoms. The fourth-order valence-corrected chi connectivity index (χ4v) is 4.26. The number of benzene rings is 3. The molecule has 188 valence electrons. The minimum atomic E-state index is -1.14. The van der Waals surface area contributed by atoms with E-state index in [0.29, 0.717) is 0 Å². The van der Waals surface area contributed by atoms with Gasteiger partial charge in [-0.3, -0.25) is 18.7 Å². The Kier molecular flexibility index (Phi) is 8.54. The fraction of sp³-hybridized carbons (Fsp3) is 0.167. The number of esters is 1. The molecule has 4 rings (SSSR count). The van der Waals surface area contributed by atoms with Crippen LogP contribution in [0.3, 0.4) is 0 Å². The number of hydrogen-bond acceptors (Lipinski definition) is 4. The molecule has 3 aromatic carbocycles. The van der Waals surface area contributed by atoms with Crippen LogP contribution in [0.2, 0.25) is 5.15 Å². The van der Waals surface area contributed by atoms with Crippen LogP contribution in [0.15, 0.2) is 102 Å². The summed E-state index contributed by atoms with van der Waals surface area (Å²) >= 11 is 6.65. The average molecular weight is 515 g/mol. The summed E-state index contributed by atoms with van der Waals surface area (Å²) < 4.78 is 8.01. The molecular weight excluding hydrogens is 488 g/mol. The number of aromatic nitrogens is 2. The highest BCUT2D eigenvalue weighted by Crippen LogP contribution is 2.22. The van der Waals surface area contributed by atoms with Crippen molar-refractivity contribution in [3.8, 4) is 0 Å². The van der Waals surface area contributed by atoms with Gasteiger partial charge in [0, 0.05) is 0 Å². The second kappa shape index (κ2) is 12.2. The summed E-state index contributed by atoms with van der Waals surface area (Å²) in [7, 11) is 0. The summed E-state index contributed by atoms with van der Waals surface area (Å²) in [6.07, 6.45) is 3.54. The number of carbonyl (C=O) groups is 2. The van der Waals surface area contributed by atoms with Crippen LogP contribution >= 0.6 is 11.6 Å². The number of nitrogens with zero attached hydrogens (tertiary/aromatic N) is 2. The van der Waals surface area contributed by atoms with Gasteiger partial charge < -0.3 is 4.74 Å². The Hall–Kier alpha value is -4.16. The first-order valence-electron chi connectivity index (χ1n) is 11.9. The van der Waals surface area contributed by atoms with Crippen LogP contribution in [-0.2, 0) is 22.6 Å². The number of rotatable bonds is 10. The molecule has 1 unspecified atom stereocenters. The third-order valence-electron chi connectivity index (χ3n) is 5.94. The Balaban J connectivity index is 1.58. The first kappa shape index (κ1) is 25.9.